The van der Waals surface area contributed by atoms with Crippen LogP contribution in [0.4, 0.5) is 0 Å². The first-order valence-electron chi connectivity index (χ1n) is 5.03. The summed E-state index contributed by atoms with van der Waals surface area (Å²) in [6.07, 6.45) is 1.26. The van der Waals surface area contributed by atoms with Gasteiger partial charge in [0.05, 0.1) is 13.2 Å². The van der Waals surface area contributed by atoms with Gasteiger partial charge in [-0.1, -0.05) is 5.92 Å². The Balaban J connectivity index is 2.90. The summed E-state index contributed by atoms with van der Waals surface area (Å²) in [5.74, 6) is 4.84. The van der Waals surface area contributed by atoms with Gasteiger partial charge in [0.15, 0.2) is 0 Å². The number of carbonyl (C=O) groups is 2. The summed E-state index contributed by atoms with van der Waals surface area (Å²) in [6, 6.07) is -0.762. The predicted molar refractivity (Wildman–Crippen MR) is 59.8 cm³/mol. The van der Waals surface area contributed by atoms with E-state index in [0.717, 1.165) is 0 Å². The lowest BCUT2D eigenvalue weighted by atomic mass is 10.2. The van der Waals surface area contributed by atoms with Crippen LogP contribution < -0.4 is 0 Å². The quantitative estimate of drug-likeness (QED) is 0.409. The number of carbonyl (C=O) groups excluding carboxylic acids is 2. The van der Waals surface area contributed by atoms with E-state index in [4.69, 9.17) is 11.6 Å². The van der Waals surface area contributed by atoms with Crippen molar-refractivity contribution in [2.75, 3.05) is 13.0 Å². The van der Waals surface area contributed by atoms with Crippen molar-refractivity contribution in [3.63, 3.8) is 0 Å². The standard InChI is InChI=1S/C11H14ClNO3/c1-3-4-8-5-6-9(11(15)16-2)13(8)10(14)7-12/h8-9H,5-7H2,1-2H3/t8-,9-/m0/s1. The van der Waals surface area contributed by atoms with Gasteiger partial charge in [0.25, 0.3) is 0 Å². The van der Waals surface area contributed by atoms with Gasteiger partial charge >= 0.3 is 5.97 Å². The maximum absolute atomic E-state index is 11.6. The molecule has 1 heterocycles. The molecule has 1 saturated heterocycles. The average Bonchev–Trinajstić information content (AvgIpc) is 2.71. The molecule has 0 aromatic carbocycles. The highest BCUT2D eigenvalue weighted by molar-refractivity contribution is 6.27. The van der Waals surface area contributed by atoms with Crippen LogP contribution in [0.25, 0.3) is 0 Å². The van der Waals surface area contributed by atoms with E-state index in [1.807, 2.05) is 0 Å². The van der Waals surface area contributed by atoms with Crippen LogP contribution >= 0.6 is 11.6 Å². The van der Waals surface area contributed by atoms with E-state index >= 15 is 0 Å². The zero-order valence-corrected chi connectivity index (χ0v) is 10.1. The third-order valence-corrected chi connectivity index (χ3v) is 2.80. The highest BCUT2D eigenvalue weighted by Crippen LogP contribution is 2.25. The molecule has 0 radical (unpaired) electrons. The zero-order chi connectivity index (χ0) is 12.1. The molecule has 0 N–H and O–H groups in total. The fourth-order valence-electron chi connectivity index (χ4n) is 1.90. The number of hydrogen-bond donors (Lipinski definition) is 0. The van der Waals surface area contributed by atoms with Crippen molar-refractivity contribution in [1.29, 1.82) is 0 Å². The second kappa shape index (κ2) is 5.76. The monoisotopic (exact) mass is 243 g/mol. The van der Waals surface area contributed by atoms with Crippen LogP contribution in [-0.4, -0.2) is 41.8 Å². The highest BCUT2D eigenvalue weighted by atomic mass is 35.5. The molecule has 1 amide bonds. The summed E-state index contributed by atoms with van der Waals surface area (Å²) >= 11 is 5.52. The van der Waals surface area contributed by atoms with Crippen molar-refractivity contribution in [2.45, 2.75) is 31.8 Å². The summed E-state index contributed by atoms with van der Waals surface area (Å²) in [5.41, 5.74) is 0. The molecule has 0 unspecified atom stereocenters. The molecule has 0 bridgehead atoms. The van der Waals surface area contributed by atoms with E-state index in [1.54, 1.807) is 6.92 Å². The van der Waals surface area contributed by atoms with E-state index in [9.17, 15) is 9.59 Å². The molecule has 0 spiro atoms. The maximum atomic E-state index is 11.6. The van der Waals surface area contributed by atoms with Gasteiger partial charge < -0.3 is 9.64 Å². The van der Waals surface area contributed by atoms with E-state index in [-0.39, 0.29) is 17.8 Å². The molecule has 2 atom stereocenters. The summed E-state index contributed by atoms with van der Waals surface area (Å²) < 4.78 is 4.66. The van der Waals surface area contributed by atoms with Crippen LogP contribution in [0.15, 0.2) is 0 Å². The largest absolute Gasteiger partial charge is 0.467 e. The number of alkyl halides is 1. The molecule has 0 aliphatic carbocycles. The topological polar surface area (TPSA) is 46.6 Å². The van der Waals surface area contributed by atoms with Crippen LogP contribution in [0.3, 0.4) is 0 Å². The van der Waals surface area contributed by atoms with Crippen molar-refractivity contribution < 1.29 is 14.3 Å². The Morgan fingerprint density at radius 3 is 2.69 bits per heavy atom. The SMILES string of the molecule is CC#C[C@H]1CC[C@@H](C(=O)OC)N1C(=O)CCl. The molecule has 88 valence electrons. The minimum Gasteiger partial charge on any atom is -0.467 e. The second-order valence-electron chi connectivity index (χ2n) is 3.46. The molecule has 0 aromatic heterocycles. The highest BCUT2D eigenvalue weighted by Gasteiger charge is 2.40. The van der Waals surface area contributed by atoms with Gasteiger partial charge in [0.1, 0.15) is 11.9 Å². The fraction of sp³-hybridized carbons (Fsp3) is 0.636. The number of methoxy groups -OCH3 is 1. The molecular formula is C11H14ClNO3. The maximum Gasteiger partial charge on any atom is 0.328 e. The Labute approximate surface area is 99.9 Å². The van der Waals surface area contributed by atoms with Crippen LogP contribution in [-0.2, 0) is 14.3 Å². The number of amides is 1. The second-order valence-corrected chi connectivity index (χ2v) is 3.73. The van der Waals surface area contributed by atoms with Crippen LogP contribution in [0.5, 0.6) is 0 Å². The van der Waals surface area contributed by atoms with E-state index in [2.05, 4.69) is 16.6 Å². The first-order chi connectivity index (χ1) is 7.65. The van der Waals surface area contributed by atoms with Gasteiger partial charge in [-0.2, -0.15) is 0 Å². The van der Waals surface area contributed by atoms with Crippen molar-refractivity contribution in [3.8, 4) is 11.8 Å². The van der Waals surface area contributed by atoms with Gasteiger partial charge in [-0.15, -0.1) is 17.5 Å². The summed E-state index contributed by atoms with van der Waals surface area (Å²) in [6.45, 7) is 1.70. The average molecular weight is 244 g/mol. The van der Waals surface area contributed by atoms with Crippen molar-refractivity contribution in [3.05, 3.63) is 0 Å². The van der Waals surface area contributed by atoms with Crippen molar-refractivity contribution >= 4 is 23.5 Å². The van der Waals surface area contributed by atoms with Crippen molar-refractivity contribution in [2.24, 2.45) is 0 Å². The van der Waals surface area contributed by atoms with Gasteiger partial charge in [0, 0.05) is 0 Å². The first-order valence-corrected chi connectivity index (χ1v) is 5.56. The molecule has 1 aliphatic heterocycles. The normalized spacial score (nSPS) is 23.6. The number of rotatable bonds is 2. The van der Waals surface area contributed by atoms with E-state index in [1.165, 1.54) is 12.0 Å². The van der Waals surface area contributed by atoms with E-state index in [0.29, 0.717) is 12.8 Å². The van der Waals surface area contributed by atoms with Crippen molar-refractivity contribution in [1.82, 2.24) is 4.90 Å². The molecular weight excluding hydrogens is 230 g/mol. The Morgan fingerprint density at radius 1 is 1.50 bits per heavy atom. The van der Waals surface area contributed by atoms with E-state index < -0.39 is 12.0 Å². The Bertz CT molecular complexity index is 345. The molecule has 1 fully saturated rings. The lowest BCUT2D eigenvalue weighted by molar-refractivity contribution is -0.150. The number of hydrogen-bond acceptors (Lipinski definition) is 3. The Hall–Kier alpha value is -1.21. The predicted octanol–water partition coefficient (Wildman–Crippen LogP) is 0.781. The molecule has 1 aliphatic rings. The lowest BCUT2D eigenvalue weighted by Gasteiger charge is -2.25. The van der Waals surface area contributed by atoms with Gasteiger partial charge in [-0.3, -0.25) is 4.79 Å². The minimum atomic E-state index is -0.540. The Kier molecular flexibility index (Phi) is 4.63. The Morgan fingerprint density at radius 2 is 2.19 bits per heavy atom. The fourth-order valence-corrected chi connectivity index (χ4v) is 2.04. The van der Waals surface area contributed by atoms with Crippen LogP contribution in [0.1, 0.15) is 19.8 Å². The number of ether oxygens (including phenoxy) is 1. The third-order valence-electron chi connectivity index (χ3n) is 2.57. The summed E-state index contributed by atoms with van der Waals surface area (Å²) in [4.78, 5) is 24.6. The van der Waals surface area contributed by atoms with Gasteiger partial charge in [-0.05, 0) is 19.8 Å². The molecule has 4 nitrogen and oxygen atoms in total. The summed E-state index contributed by atoms with van der Waals surface area (Å²) in [5, 5.41) is 0. The molecule has 5 heteroatoms. The van der Waals surface area contributed by atoms with Gasteiger partial charge in [-0.25, -0.2) is 4.79 Å². The molecule has 0 saturated carbocycles. The van der Waals surface area contributed by atoms with Crippen LogP contribution in [0, 0.1) is 11.8 Å². The summed E-state index contributed by atoms with van der Waals surface area (Å²) in [7, 11) is 1.31. The smallest absolute Gasteiger partial charge is 0.328 e. The zero-order valence-electron chi connectivity index (χ0n) is 9.33. The number of esters is 1. The molecule has 1 rings (SSSR count). The van der Waals surface area contributed by atoms with Crippen LogP contribution in [0.2, 0.25) is 0 Å². The molecule has 0 aromatic rings. The number of halogens is 1. The number of likely N-dealkylation sites (tertiary alicyclic amines) is 1. The van der Waals surface area contributed by atoms with Gasteiger partial charge in [0.2, 0.25) is 5.91 Å². The lowest BCUT2D eigenvalue weighted by Crippen LogP contribution is -2.45. The number of nitrogens with zero attached hydrogens (tertiary/aromatic N) is 1. The molecule has 16 heavy (non-hydrogen) atoms. The minimum absolute atomic E-state index is 0.143. The first kappa shape index (κ1) is 12.9. The third kappa shape index (κ3) is 2.48.